The number of hydrogen-bond acceptors (Lipinski definition) is 3. The van der Waals surface area contributed by atoms with E-state index < -0.39 is 0 Å². The third-order valence-electron chi connectivity index (χ3n) is 3.56. The van der Waals surface area contributed by atoms with Crippen molar-refractivity contribution in [3.63, 3.8) is 0 Å². The van der Waals surface area contributed by atoms with Crippen molar-refractivity contribution in [1.82, 2.24) is 5.32 Å². The number of rotatable bonds is 3. The van der Waals surface area contributed by atoms with Gasteiger partial charge in [-0.3, -0.25) is 4.79 Å². The standard InChI is InChI=1S/C14H18N2OS/c1-2-14(7-4-8-14)16-13(17)12-11(5-3-9-15)6-10-18-12/h6,10H,2,4,7-9,15H2,1H3,(H,16,17). The van der Waals surface area contributed by atoms with Crippen LogP contribution < -0.4 is 11.1 Å². The molecular formula is C14H18N2OS. The van der Waals surface area contributed by atoms with Gasteiger partial charge < -0.3 is 11.1 Å². The Bertz CT molecular complexity index is 486. The first-order valence-corrected chi connectivity index (χ1v) is 7.18. The van der Waals surface area contributed by atoms with Gasteiger partial charge in [0.2, 0.25) is 0 Å². The summed E-state index contributed by atoms with van der Waals surface area (Å²) in [6.07, 6.45) is 4.38. The number of nitrogens with two attached hydrogens (primary N) is 1. The minimum Gasteiger partial charge on any atom is -0.346 e. The van der Waals surface area contributed by atoms with Gasteiger partial charge in [-0.15, -0.1) is 11.3 Å². The number of nitrogens with one attached hydrogen (secondary N) is 1. The molecule has 1 fully saturated rings. The molecule has 18 heavy (non-hydrogen) atoms. The molecular weight excluding hydrogens is 244 g/mol. The smallest absolute Gasteiger partial charge is 0.263 e. The highest BCUT2D eigenvalue weighted by atomic mass is 32.1. The monoisotopic (exact) mass is 262 g/mol. The molecule has 96 valence electrons. The zero-order valence-corrected chi connectivity index (χ0v) is 11.4. The van der Waals surface area contributed by atoms with Crippen LogP contribution in [-0.2, 0) is 0 Å². The Morgan fingerprint density at radius 1 is 1.61 bits per heavy atom. The van der Waals surface area contributed by atoms with Crippen LogP contribution in [0.25, 0.3) is 0 Å². The van der Waals surface area contributed by atoms with Crippen LogP contribution in [0.15, 0.2) is 11.4 Å². The summed E-state index contributed by atoms with van der Waals surface area (Å²) in [5.74, 6) is 5.75. The van der Waals surface area contributed by atoms with E-state index in [1.54, 1.807) is 0 Å². The van der Waals surface area contributed by atoms with E-state index in [2.05, 4.69) is 24.1 Å². The Kier molecular flexibility index (Phi) is 4.05. The second-order valence-electron chi connectivity index (χ2n) is 4.61. The topological polar surface area (TPSA) is 55.1 Å². The average Bonchev–Trinajstić information content (AvgIpc) is 2.79. The Morgan fingerprint density at radius 2 is 2.39 bits per heavy atom. The molecule has 1 aliphatic carbocycles. The van der Waals surface area contributed by atoms with Crippen molar-refractivity contribution in [1.29, 1.82) is 0 Å². The highest BCUT2D eigenvalue weighted by Crippen LogP contribution is 2.35. The first-order chi connectivity index (χ1) is 8.71. The average molecular weight is 262 g/mol. The van der Waals surface area contributed by atoms with E-state index in [9.17, 15) is 4.79 Å². The Morgan fingerprint density at radius 3 is 2.94 bits per heavy atom. The number of carbonyl (C=O) groups is 1. The van der Waals surface area contributed by atoms with Crippen molar-refractivity contribution in [3.05, 3.63) is 21.9 Å². The molecule has 3 N–H and O–H groups in total. The molecule has 2 rings (SSSR count). The fourth-order valence-electron chi connectivity index (χ4n) is 2.20. The first-order valence-electron chi connectivity index (χ1n) is 6.30. The van der Waals surface area contributed by atoms with Gasteiger partial charge >= 0.3 is 0 Å². The van der Waals surface area contributed by atoms with Gasteiger partial charge in [0.05, 0.1) is 6.54 Å². The van der Waals surface area contributed by atoms with Crippen molar-refractivity contribution in [3.8, 4) is 11.8 Å². The van der Waals surface area contributed by atoms with E-state index >= 15 is 0 Å². The quantitative estimate of drug-likeness (QED) is 0.820. The summed E-state index contributed by atoms with van der Waals surface area (Å²) in [4.78, 5) is 13.0. The van der Waals surface area contributed by atoms with E-state index in [1.165, 1.54) is 17.8 Å². The normalized spacial score (nSPS) is 16.3. The van der Waals surface area contributed by atoms with Gasteiger partial charge in [0, 0.05) is 11.1 Å². The summed E-state index contributed by atoms with van der Waals surface area (Å²) >= 11 is 1.44. The zero-order chi connectivity index (χ0) is 13.0. The van der Waals surface area contributed by atoms with Gasteiger partial charge in [0.15, 0.2) is 0 Å². The maximum absolute atomic E-state index is 12.3. The van der Waals surface area contributed by atoms with Crippen molar-refractivity contribution >= 4 is 17.2 Å². The lowest BCUT2D eigenvalue weighted by molar-refractivity contribution is 0.0824. The second kappa shape index (κ2) is 5.55. The SMILES string of the molecule is CCC1(NC(=O)c2sccc2C#CCN)CCC1. The van der Waals surface area contributed by atoms with Crippen LogP contribution >= 0.6 is 11.3 Å². The molecule has 0 spiro atoms. The minimum atomic E-state index is 0.00729. The maximum atomic E-state index is 12.3. The van der Waals surface area contributed by atoms with E-state index in [1.807, 2.05) is 11.4 Å². The summed E-state index contributed by atoms with van der Waals surface area (Å²) in [7, 11) is 0. The van der Waals surface area contributed by atoms with Crippen LogP contribution in [0.1, 0.15) is 47.8 Å². The summed E-state index contributed by atoms with van der Waals surface area (Å²) in [6, 6.07) is 1.88. The number of amides is 1. The Balaban J connectivity index is 2.11. The fraction of sp³-hybridized carbons (Fsp3) is 0.500. The summed E-state index contributed by atoms with van der Waals surface area (Å²) in [6.45, 7) is 2.44. The number of thiophene rings is 1. The largest absolute Gasteiger partial charge is 0.346 e. The second-order valence-corrected chi connectivity index (χ2v) is 5.53. The van der Waals surface area contributed by atoms with Gasteiger partial charge in [-0.25, -0.2) is 0 Å². The minimum absolute atomic E-state index is 0.00729. The first kappa shape index (κ1) is 13.1. The molecule has 4 heteroatoms. The van der Waals surface area contributed by atoms with Gasteiger partial charge in [0.25, 0.3) is 5.91 Å². The lowest BCUT2D eigenvalue weighted by Gasteiger charge is -2.41. The van der Waals surface area contributed by atoms with Crippen molar-refractivity contribution < 1.29 is 4.79 Å². The van der Waals surface area contributed by atoms with E-state index in [0.717, 1.165) is 24.8 Å². The van der Waals surface area contributed by atoms with Crippen molar-refractivity contribution in [2.24, 2.45) is 5.73 Å². The van der Waals surface area contributed by atoms with Gasteiger partial charge in [-0.05, 0) is 37.1 Å². The van der Waals surface area contributed by atoms with Crippen molar-refractivity contribution in [2.45, 2.75) is 38.1 Å². The van der Waals surface area contributed by atoms with Crippen LogP contribution in [0.2, 0.25) is 0 Å². The molecule has 1 saturated carbocycles. The van der Waals surface area contributed by atoms with Crippen molar-refractivity contribution in [2.75, 3.05) is 6.54 Å². The summed E-state index contributed by atoms with van der Waals surface area (Å²) < 4.78 is 0. The molecule has 0 radical (unpaired) electrons. The van der Waals surface area contributed by atoms with E-state index in [-0.39, 0.29) is 11.4 Å². The van der Waals surface area contributed by atoms with Crippen LogP contribution in [0.5, 0.6) is 0 Å². The van der Waals surface area contributed by atoms with Crippen LogP contribution in [0.4, 0.5) is 0 Å². The molecule has 0 bridgehead atoms. The van der Waals surface area contributed by atoms with Gasteiger partial charge in [-0.1, -0.05) is 18.8 Å². The van der Waals surface area contributed by atoms with Gasteiger partial charge in [-0.2, -0.15) is 0 Å². The molecule has 1 amide bonds. The third kappa shape index (κ3) is 2.58. The lowest BCUT2D eigenvalue weighted by Crippen LogP contribution is -2.52. The summed E-state index contributed by atoms with van der Waals surface area (Å²) in [5.41, 5.74) is 6.17. The van der Waals surface area contributed by atoms with Crippen LogP contribution in [-0.4, -0.2) is 18.0 Å². The number of carbonyl (C=O) groups excluding carboxylic acids is 1. The van der Waals surface area contributed by atoms with Crippen LogP contribution in [0.3, 0.4) is 0 Å². The van der Waals surface area contributed by atoms with E-state index in [4.69, 9.17) is 5.73 Å². The molecule has 1 aromatic heterocycles. The number of hydrogen-bond donors (Lipinski definition) is 2. The highest BCUT2D eigenvalue weighted by Gasteiger charge is 2.37. The molecule has 3 nitrogen and oxygen atoms in total. The highest BCUT2D eigenvalue weighted by molar-refractivity contribution is 7.12. The van der Waals surface area contributed by atoms with Gasteiger partial charge in [0.1, 0.15) is 4.88 Å². The molecule has 0 aliphatic heterocycles. The maximum Gasteiger partial charge on any atom is 0.263 e. The molecule has 1 aromatic rings. The molecule has 0 saturated heterocycles. The molecule has 1 aliphatic rings. The Labute approximate surface area is 112 Å². The summed E-state index contributed by atoms with van der Waals surface area (Å²) in [5, 5.41) is 5.07. The zero-order valence-electron chi connectivity index (χ0n) is 10.6. The molecule has 0 unspecified atom stereocenters. The third-order valence-corrected chi connectivity index (χ3v) is 4.48. The molecule has 0 atom stereocenters. The molecule has 0 aromatic carbocycles. The predicted molar refractivity (Wildman–Crippen MR) is 74.6 cm³/mol. The van der Waals surface area contributed by atoms with Crippen LogP contribution in [0, 0.1) is 11.8 Å². The van der Waals surface area contributed by atoms with E-state index in [0.29, 0.717) is 11.4 Å². The molecule has 1 heterocycles. The lowest BCUT2D eigenvalue weighted by atomic mass is 9.75. The fourth-order valence-corrected chi connectivity index (χ4v) is 2.94. The predicted octanol–water partition coefficient (Wildman–Crippen LogP) is 2.12. The Hall–Kier alpha value is -1.31.